The van der Waals surface area contributed by atoms with Crippen LogP contribution in [0.3, 0.4) is 0 Å². The van der Waals surface area contributed by atoms with Crippen LogP contribution in [-0.4, -0.2) is 4.98 Å². The lowest BCUT2D eigenvalue weighted by Gasteiger charge is -2.08. The molecule has 11 rings (SSSR count). The van der Waals surface area contributed by atoms with Gasteiger partial charge in [-0.05, 0) is 93.5 Å². The van der Waals surface area contributed by atoms with Crippen LogP contribution in [0.25, 0.3) is 110 Å². The van der Waals surface area contributed by atoms with E-state index in [1.54, 1.807) is 0 Å². The monoisotopic (exact) mass is 651 g/mol. The van der Waals surface area contributed by atoms with Crippen molar-refractivity contribution in [3.63, 3.8) is 0 Å². The van der Waals surface area contributed by atoms with E-state index in [1.807, 2.05) is 0 Å². The standard InChI is InChI=1S/C48H29NO2/c1-4-10-29(11-5-1)32-16-20-41-40(26-32)47-42(49-41)28-39-38-25-34(31-14-8-3-9-15-31)18-22-45(38)51-48(39)46(47)35-19-23-44-37(27-35)36-24-33(17-21-43(36)50-44)30-12-6-2-7-13-30/h1-28,49H. The number of rotatable bonds is 4. The van der Waals surface area contributed by atoms with Gasteiger partial charge in [-0.2, -0.15) is 0 Å². The van der Waals surface area contributed by atoms with Gasteiger partial charge in [0.05, 0.1) is 0 Å². The van der Waals surface area contributed by atoms with E-state index in [1.165, 1.54) is 22.3 Å². The number of aromatic amines is 1. The Kier molecular flexibility index (Phi) is 5.96. The topological polar surface area (TPSA) is 42.1 Å². The molecule has 3 heterocycles. The molecule has 1 N–H and O–H groups in total. The molecule has 0 fully saturated rings. The minimum absolute atomic E-state index is 0.866. The third-order valence-electron chi connectivity index (χ3n) is 10.4. The van der Waals surface area contributed by atoms with Gasteiger partial charge in [-0.3, -0.25) is 0 Å². The van der Waals surface area contributed by atoms with Gasteiger partial charge in [0.15, 0.2) is 0 Å². The van der Waals surface area contributed by atoms with E-state index in [-0.39, 0.29) is 0 Å². The highest BCUT2D eigenvalue weighted by atomic mass is 16.3. The Balaban J connectivity index is 1.22. The van der Waals surface area contributed by atoms with Gasteiger partial charge in [-0.1, -0.05) is 115 Å². The van der Waals surface area contributed by atoms with Gasteiger partial charge in [-0.25, -0.2) is 0 Å². The molecule has 238 valence electrons. The molecule has 0 aliphatic rings. The predicted octanol–water partition coefficient (Wildman–Crippen LogP) is 13.8. The van der Waals surface area contributed by atoms with Crippen molar-refractivity contribution >= 4 is 65.7 Å². The molecular weight excluding hydrogens is 623 g/mol. The fourth-order valence-electron chi connectivity index (χ4n) is 7.93. The van der Waals surface area contributed by atoms with Crippen LogP contribution < -0.4 is 0 Å². The van der Waals surface area contributed by atoms with Crippen LogP contribution in [0.4, 0.5) is 0 Å². The zero-order valence-electron chi connectivity index (χ0n) is 27.5. The normalized spacial score (nSPS) is 11.9. The van der Waals surface area contributed by atoms with Crippen molar-refractivity contribution in [1.29, 1.82) is 0 Å². The van der Waals surface area contributed by atoms with E-state index in [4.69, 9.17) is 8.83 Å². The summed E-state index contributed by atoms with van der Waals surface area (Å²) in [4.78, 5) is 3.79. The molecule has 0 aliphatic heterocycles. The first-order valence-electron chi connectivity index (χ1n) is 17.3. The van der Waals surface area contributed by atoms with Gasteiger partial charge in [0.2, 0.25) is 0 Å². The second-order valence-electron chi connectivity index (χ2n) is 13.4. The zero-order chi connectivity index (χ0) is 33.5. The summed E-state index contributed by atoms with van der Waals surface area (Å²) in [5.41, 5.74) is 14.9. The summed E-state index contributed by atoms with van der Waals surface area (Å²) >= 11 is 0. The first-order chi connectivity index (χ1) is 25.2. The van der Waals surface area contributed by atoms with E-state index in [2.05, 4.69) is 175 Å². The first kappa shape index (κ1) is 28.0. The summed E-state index contributed by atoms with van der Waals surface area (Å²) in [6.07, 6.45) is 0. The molecule has 3 heteroatoms. The number of H-pyrrole nitrogens is 1. The van der Waals surface area contributed by atoms with E-state index in [9.17, 15) is 0 Å². The lowest BCUT2D eigenvalue weighted by molar-refractivity contribution is 0.668. The highest BCUT2D eigenvalue weighted by Gasteiger charge is 2.22. The Labute approximate surface area is 293 Å². The van der Waals surface area contributed by atoms with Gasteiger partial charge in [0.25, 0.3) is 0 Å². The number of fused-ring (bicyclic) bond motifs is 9. The summed E-state index contributed by atoms with van der Waals surface area (Å²) in [5, 5.41) is 6.67. The highest BCUT2D eigenvalue weighted by Crippen LogP contribution is 2.46. The molecule has 11 aromatic rings. The first-order valence-corrected chi connectivity index (χ1v) is 17.3. The lowest BCUT2D eigenvalue weighted by Crippen LogP contribution is -1.83. The SMILES string of the molecule is c1ccc(-c2ccc3oc4ccc(-c5c6oc7ccc(-c8ccccc8)cc7c6cc6[nH]c7ccc(-c8ccccc8)cc7c56)cc4c3c2)cc1. The summed E-state index contributed by atoms with van der Waals surface area (Å²) in [6.45, 7) is 0. The third-order valence-corrected chi connectivity index (χ3v) is 10.4. The molecule has 0 atom stereocenters. The molecule has 0 saturated heterocycles. The molecule has 0 amide bonds. The molecule has 51 heavy (non-hydrogen) atoms. The maximum atomic E-state index is 6.89. The van der Waals surface area contributed by atoms with E-state index >= 15 is 0 Å². The van der Waals surface area contributed by atoms with Crippen LogP contribution in [-0.2, 0) is 0 Å². The largest absolute Gasteiger partial charge is 0.456 e. The summed E-state index contributed by atoms with van der Waals surface area (Å²) in [6, 6.07) is 60.2. The third kappa shape index (κ3) is 4.38. The van der Waals surface area contributed by atoms with Crippen LogP contribution in [0, 0.1) is 0 Å². The summed E-state index contributed by atoms with van der Waals surface area (Å²) < 4.78 is 13.3. The Bertz CT molecular complexity index is 3100. The Morgan fingerprint density at radius 2 is 0.765 bits per heavy atom. The van der Waals surface area contributed by atoms with Crippen LogP contribution >= 0.6 is 0 Å². The molecule has 0 bridgehead atoms. The molecule has 0 spiro atoms. The van der Waals surface area contributed by atoms with Crippen molar-refractivity contribution in [2.45, 2.75) is 0 Å². The number of aromatic nitrogens is 1. The van der Waals surface area contributed by atoms with Crippen molar-refractivity contribution in [1.82, 2.24) is 4.98 Å². The average molecular weight is 652 g/mol. The van der Waals surface area contributed by atoms with E-state index in [0.717, 1.165) is 87.9 Å². The summed E-state index contributed by atoms with van der Waals surface area (Å²) in [5.74, 6) is 0. The number of benzene rings is 8. The Morgan fingerprint density at radius 3 is 1.33 bits per heavy atom. The van der Waals surface area contributed by atoms with Crippen molar-refractivity contribution in [2.24, 2.45) is 0 Å². The molecule has 3 aromatic heterocycles. The Morgan fingerprint density at radius 1 is 0.314 bits per heavy atom. The zero-order valence-corrected chi connectivity index (χ0v) is 27.5. The molecule has 0 saturated carbocycles. The highest BCUT2D eigenvalue weighted by molar-refractivity contribution is 6.25. The molecule has 8 aromatic carbocycles. The van der Waals surface area contributed by atoms with Gasteiger partial charge in [0.1, 0.15) is 22.3 Å². The Hall–Kier alpha value is -6.84. The second kappa shape index (κ2) is 10.8. The molecule has 0 unspecified atom stereocenters. The van der Waals surface area contributed by atoms with E-state index in [0.29, 0.717) is 0 Å². The summed E-state index contributed by atoms with van der Waals surface area (Å²) in [7, 11) is 0. The molecular formula is C48H29NO2. The average Bonchev–Trinajstić information content (AvgIpc) is 3.88. The van der Waals surface area contributed by atoms with Crippen LogP contribution in [0.1, 0.15) is 0 Å². The van der Waals surface area contributed by atoms with Crippen LogP contribution in [0.2, 0.25) is 0 Å². The number of furan rings is 2. The smallest absolute Gasteiger partial charge is 0.144 e. The van der Waals surface area contributed by atoms with Gasteiger partial charge >= 0.3 is 0 Å². The second-order valence-corrected chi connectivity index (χ2v) is 13.4. The van der Waals surface area contributed by atoms with Gasteiger partial charge in [-0.15, -0.1) is 0 Å². The van der Waals surface area contributed by atoms with Gasteiger partial charge in [0, 0.05) is 48.9 Å². The van der Waals surface area contributed by atoms with Crippen molar-refractivity contribution in [3.05, 3.63) is 170 Å². The number of hydrogen-bond donors (Lipinski definition) is 1. The quantitative estimate of drug-likeness (QED) is 0.206. The van der Waals surface area contributed by atoms with Crippen LogP contribution in [0.15, 0.2) is 179 Å². The number of hydrogen-bond acceptors (Lipinski definition) is 2. The maximum absolute atomic E-state index is 6.89. The maximum Gasteiger partial charge on any atom is 0.144 e. The van der Waals surface area contributed by atoms with Crippen molar-refractivity contribution < 1.29 is 8.83 Å². The van der Waals surface area contributed by atoms with Crippen molar-refractivity contribution in [3.8, 4) is 44.5 Å². The lowest BCUT2D eigenvalue weighted by atomic mass is 9.94. The molecule has 0 radical (unpaired) electrons. The van der Waals surface area contributed by atoms with E-state index < -0.39 is 0 Å². The fraction of sp³-hybridized carbons (Fsp3) is 0. The minimum Gasteiger partial charge on any atom is -0.456 e. The molecule has 0 aliphatic carbocycles. The predicted molar refractivity (Wildman–Crippen MR) is 212 cm³/mol. The molecule has 3 nitrogen and oxygen atoms in total. The van der Waals surface area contributed by atoms with Crippen molar-refractivity contribution in [2.75, 3.05) is 0 Å². The fourth-order valence-corrected chi connectivity index (χ4v) is 7.93. The minimum atomic E-state index is 0.866. The van der Waals surface area contributed by atoms with Gasteiger partial charge < -0.3 is 13.8 Å². The number of nitrogens with one attached hydrogen (secondary N) is 1. The van der Waals surface area contributed by atoms with Crippen LogP contribution in [0.5, 0.6) is 0 Å².